The Balaban J connectivity index is 1.57. The van der Waals surface area contributed by atoms with Crippen LogP contribution >= 0.6 is 23.1 Å². The molecule has 0 radical (unpaired) electrons. The van der Waals surface area contributed by atoms with Gasteiger partial charge in [-0.3, -0.25) is 4.98 Å². The molecule has 33 heavy (non-hydrogen) atoms. The van der Waals surface area contributed by atoms with Crippen molar-refractivity contribution < 1.29 is 17.9 Å². The van der Waals surface area contributed by atoms with Crippen LogP contribution in [0.4, 0.5) is 0 Å². The molecule has 5 rings (SSSR count). The lowest BCUT2D eigenvalue weighted by atomic mass is 10.1. The van der Waals surface area contributed by atoms with Gasteiger partial charge in [-0.25, -0.2) is 8.42 Å². The number of nitrogens with one attached hydrogen (secondary N) is 1. The van der Waals surface area contributed by atoms with Crippen LogP contribution in [0.15, 0.2) is 76.8 Å². The molecule has 9 heteroatoms. The summed E-state index contributed by atoms with van der Waals surface area (Å²) in [5.74, 6) is 1.01. The molecule has 0 saturated heterocycles. The smallest absolute Gasteiger partial charge is 0.241 e. The highest BCUT2D eigenvalue weighted by Gasteiger charge is 2.27. The highest BCUT2D eigenvalue weighted by atomic mass is 32.2. The molecule has 0 amide bonds. The average molecular weight is 499 g/mol. The van der Waals surface area contributed by atoms with Crippen molar-refractivity contribution in [3.05, 3.63) is 77.4 Å². The van der Waals surface area contributed by atoms with Crippen molar-refractivity contribution >= 4 is 43.2 Å². The van der Waals surface area contributed by atoms with Crippen molar-refractivity contribution in [3.63, 3.8) is 0 Å². The zero-order valence-electron chi connectivity index (χ0n) is 17.9. The average Bonchev–Trinajstić information content (AvgIpc) is 3.12. The third kappa shape index (κ3) is 4.59. The number of rotatable bonds is 6. The molecule has 170 valence electrons. The van der Waals surface area contributed by atoms with Crippen molar-refractivity contribution in [2.45, 2.75) is 22.3 Å². The Hall–Kier alpha value is -2.59. The molecule has 6 nitrogen and oxygen atoms in total. The number of thiophene rings is 1. The summed E-state index contributed by atoms with van der Waals surface area (Å²) in [6.45, 7) is 1.04. The molecule has 0 aliphatic carbocycles. The number of thioether (sulfide) groups is 1. The van der Waals surface area contributed by atoms with E-state index in [2.05, 4.69) is 9.71 Å². The molecule has 0 bridgehead atoms. The van der Waals surface area contributed by atoms with Crippen molar-refractivity contribution in [3.8, 4) is 11.5 Å². The minimum Gasteiger partial charge on any atom is -0.490 e. The Kier molecular flexibility index (Phi) is 6.29. The first-order chi connectivity index (χ1) is 16.0. The number of aromatic nitrogens is 1. The Bertz CT molecular complexity index is 1370. The van der Waals surface area contributed by atoms with E-state index in [9.17, 15) is 8.42 Å². The van der Waals surface area contributed by atoms with Crippen molar-refractivity contribution in [1.29, 1.82) is 0 Å². The molecule has 1 atom stereocenters. The lowest BCUT2D eigenvalue weighted by Gasteiger charge is -2.21. The van der Waals surface area contributed by atoms with Crippen molar-refractivity contribution in [1.82, 2.24) is 9.71 Å². The van der Waals surface area contributed by atoms with Crippen LogP contribution in [-0.4, -0.2) is 32.9 Å². The van der Waals surface area contributed by atoms with E-state index >= 15 is 0 Å². The number of hydrogen-bond donors (Lipinski definition) is 1. The Labute approximate surface area is 201 Å². The number of pyridine rings is 1. The Morgan fingerprint density at radius 2 is 1.88 bits per heavy atom. The van der Waals surface area contributed by atoms with Crippen LogP contribution in [-0.2, 0) is 10.0 Å². The number of fused-ring (bicyclic) bond motifs is 2. The quantitative estimate of drug-likeness (QED) is 0.366. The molecule has 3 heterocycles. The van der Waals surface area contributed by atoms with E-state index in [0.29, 0.717) is 24.7 Å². The second-order valence-corrected chi connectivity index (χ2v) is 11.2. The number of benzene rings is 2. The zero-order valence-corrected chi connectivity index (χ0v) is 20.3. The fraction of sp³-hybridized carbons (Fsp3) is 0.208. The summed E-state index contributed by atoms with van der Waals surface area (Å²) in [5, 5.41) is 1.03. The third-order valence-corrected chi connectivity index (χ3v) is 8.76. The van der Waals surface area contributed by atoms with Crippen LogP contribution in [0.1, 0.15) is 22.9 Å². The second-order valence-electron chi connectivity index (χ2n) is 7.52. The largest absolute Gasteiger partial charge is 0.490 e. The second kappa shape index (κ2) is 9.34. The molecule has 2 aromatic carbocycles. The van der Waals surface area contributed by atoms with Crippen LogP contribution in [0.2, 0.25) is 0 Å². The Morgan fingerprint density at radius 3 is 2.70 bits per heavy atom. The van der Waals surface area contributed by atoms with Gasteiger partial charge in [0, 0.05) is 34.7 Å². The van der Waals surface area contributed by atoms with Crippen molar-refractivity contribution in [2.75, 3.05) is 19.5 Å². The van der Waals surface area contributed by atoms with Crippen LogP contribution in [0.3, 0.4) is 0 Å². The van der Waals surface area contributed by atoms with Crippen LogP contribution in [0, 0.1) is 0 Å². The van der Waals surface area contributed by atoms with Gasteiger partial charge in [-0.05, 0) is 47.5 Å². The van der Waals surface area contributed by atoms with E-state index < -0.39 is 16.1 Å². The molecule has 0 saturated carbocycles. The zero-order chi connectivity index (χ0) is 22.8. The maximum atomic E-state index is 13.6. The van der Waals surface area contributed by atoms with Gasteiger partial charge in [0.2, 0.25) is 10.0 Å². The summed E-state index contributed by atoms with van der Waals surface area (Å²) in [4.78, 5) is 6.26. The molecule has 0 spiro atoms. The maximum absolute atomic E-state index is 13.6. The normalized spacial score (nSPS) is 14.7. The van der Waals surface area contributed by atoms with Gasteiger partial charge in [-0.15, -0.1) is 23.1 Å². The minimum atomic E-state index is -3.87. The monoisotopic (exact) mass is 498 g/mol. The van der Waals surface area contributed by atoms with E-state index in [1.165, 1.54) is 17.4 Å². The lowest BCUT2D eigenvalue weighted by Crippen LogP contribution is -2.29. The first kappa shape index (κ1) is 22.2. The number of ether oxygens (including phenoxy) is 2. The lowest BCUT2D eigenvalue weighted by molar-refractivity contribution is 0.297. The molecule has 0 fully saturated rings. The van der Waals surface area contributed by atoms with E-state index in [4.69, 9.17) is 9.47 Å². The van der Waals surface area contributed by atoms with Gasteiger partial charge in [0.05, 0.1) is 28.9 Å². The van der Waals surface area contributed by atoms with E-state index in [-0.39, 0.29) is 4.90 Å². The molecular weight excluding hydrogens is 476 g/mol. The number of nitrogens with zero attached hydrogens (tertiary/aromatic N) is 1. The first-order valence-corrected chi connectivity index (χ1v) is 14.0. The predicted octanol–water partition coefficient (Wildman–Crippen LogP) is 5.25. The van der Waals surface area contributed by atoms with Gasteiger partial charge in [-0.1, -0.05) is 18.2 Å². The first-order valence-electron chi connectivity index (χ1n) is 10.4. The number of sulfonamides is 1. The van der Waals surface area contributed by atoms with Gasteiger partial charge >= 0.3 is 0 Å². The molecule has 4 aromatic rings. The summed E-state index contributed by atoms with van der Waals surface area (Å²) in [6.07, 6.45) is 6.29. The van der Waals surface area contributed by atoms with Crippen LogP contribution in [0.25, 0.3) is 10.1 Å². The summed E-state index contributed by atoms with van der Waals surface area (Å²) >= 11 is 3.13. The summed E-state index contributed by atoms with van der Waals surface area (Å²) in [5.41, 5.74) is 0.905. The molecule has 1 aliphatic rings. The highest BCUT2D eigenvalue weighted by Crippen LogP contribution is 2.38. The number of hydrogen-bond acceptors (Lipinski definition) is 7. The Morgan fingerprint density at radius 1 is 1.06 bits per heavy atom. The van der Waals surface area contributed by atoms with E-state index in [1.807, 2.05) is 42.7 Å². The molecular formula is C24H22N2O4S3. The molecule has 1 N–H and O–H groups in total. The highest BCUT2D eigenvalue weighted by molar-refractivity contribution is 7.98. The summed E-state index contributed by atoms with van der Waals surface area (Å²) < 4.78 is 42.4. The standard InChI is InChI=1S/C24H22N2O4S3/c1-31-21-6-3-2-5-18(21)24(22-13-16-9-10-25-15-23(16)32-22)26-33(27,28)17-7-8-19-20(14-17)30-12-4-11-29-19/h2-3,5-10,13-15,24,26H,4,11-12H2,1H3/t24-/m0/s1. The molecule has 1 aliphatic heterocycles. The summed E-state index contributed by atoms with van der Waals surface area (Å²) in [6, 6.07) is 16.0. The molecule has 0 unspecified atom stereocenters. The summed E-state index contributed by atoms with van der Waals surface area (Å²) in [7, 11) is -3.87. The fourth-order valence-corrected chi connectivity index (χ4v) is 6.78. The van der Waals surface area contributed by atoms with Crippen LogP contribution < -0.4 is 14.2 Å². The van der Waals surface area contributed by atoms with Gasteiger partial charge in [0.1, 0.15) is 0 Å². The minimum absolute atomic E-state index is 0.140. The SMILES string of the molecule is CSc1ccccc1[C@H](NS(=O)(=O)c1ccc2c(c1)OCCCO2)c1cc2ccncc2s1. The topological polar surface area (TPSA) is 77.5 Å². The van der Waals surface area contributed by atoms with E-state index in [0.717, 1.165) is 31.8 Å². The van der Waals surface area contributed by atoms with Crippen molar-refractivity contribution in [2.24, 2.45) is 0 Å². The maximum Gasteiger partial charge on any atom is 0.241 e. The fourth-order valence-electron chi connectivity index (χ4n) is 3.76. The van der Waals surface area contributed by atoms with Gasteiger partial charge in [-0.2, -0.15) is 4.72 Å². The predicted molar refractivity (Wildman–Crippen MR) is 132 cm³/mol. The van der Waals surface area contributed by atoms with Gasteiger partial charge < -0.3 is 9.47 Å². The van der Waals surface area contributed by atoms with E-state index in [1.54, 1.807) is 36.3 Å². The van der Waals surface area contributed by atoms with Gasteiger partial charge in [0.15, 0.2) is 11.5 Å². The van der Waals surface area contributed by atoms with Gasteiger partial charge in [0.25, 0.3) is 0 Å². The van der Waals surface area contributed by atoms with Crippen LogP contribution in [0.5, 0.6) is 11.5 Å². The molecule has 2 aromatic heterocycles. The third-order valence-electron chi connectivity index (χ3n) is 5.38.